The predicted octanol–water partition coefficient (Wildman–Crippen LogP) is 2.64. The van der Waals surface area contributed by atoms with Crippen LogP contribution < -0.4 is 10.2 Å². The van der Waals surface area contributed by atoms with Crippen molar-refractivity contribution in [2.24, 2.45) is 5.92 Å². The zero-order valence-corrected chi connectivity index (χ0v) is 14.7. The number of nitrogens with one attached hydrogen (secondary N) is 1. The molecule has 1 aliphatic heterocycles. The van der Waals surface area contributed by atoms with E-state index in [0.29, 0.717) is 5.92 Å². The molecule has 0 saturated carbocycles. The number of amides is 1. The average Bonchev–Trinajstić information content (AvgIpc) is 2.53. The van der Waals surface area contributed by atoms with E-state index in [9.17, 15) is 4.79 Å². The molecule has 0 atom stereocenters. The van der Waals surface area contributed by atoms with Crippen molar-refractivity contribution in [3.8, 4) is 0 Å². The van der Waals surface area contributed by atoms with Crippen LogP contribution in [0.5, 0.6) is 0 Å². The summed E-state index contributed by atoms with van der Waals surface area (Å²) in [7, 11) is 3.99. The third-order valence-corrected chi connectivity index (χ3v) is 4.19. The molecule has 5 heteroatoms. The molecule has 0 aliphatic carbocycles. The number of carbonyl (C=O) groups is 1. The van der Waals surface area contributed by atoms with Gasteiger partial charge in [-0.15, -0.1) is 12.4 Å². The van der Waals surface area contributed by atoms with E-state index in [4.69, 9.17) is 0 Å². The molecule has 1 aliphatic rings. The predicted molar refractivity (Wildman–Crippen MR) is 95.2 cm³/mol. The van der Waals surface area contributed by atoms with Crippen molar-refractivity contribution < 1.29 is 4.79 Å². The number of carbonyl (C=O) groups excluding carboxylic acids is 1. The SMILES string of the molecule is CCNCC1CCN(C(=O)c2cccc(N(C)C)c2)CC1.Cl. The van der Waals surface area contributed by atoms with E-state index < -0.39 is 0 Å². The van der Waals surface area contributed by atoms with Crippen LogP contribution in [-0.4, -0.2) is 51.1 Å². The number of halogens is 1. The van der Waals surface area contributed by atoms with Gasteiger partial charge >= 0.3 is 0 Å². The van der Waals surface area contributed by atoms with Crippen molar-refractivity contribution in [3.05, 3.63) is 29.8 Å². The molecule has 2 rings (SSSR count). The van der Waals surface area contributed by atoms with E-state index in [1.54, 1.807) is 0 Å². The Bertz CT molecular complexity index is 471. The van der Waals surface area contributed by atoms with Crippen LogP contribution in [0.4, 0.5) is 5.69 Å². The fraction of sp³-hybridized carbons (Fsp3) is 0.588. The minimum absolute atomic E-state index is 0. The summed E-state index contributed by atoms with van der Waals surface area (Å²) in [5, 5.41) is 3.40. The van der Waals surface area contributed by atoms with E-state index in [1.165, 1.54) is 0 Å². The van der Waals surface area contributed by atoms with Gasteiger partial charge in [-0.2, -0.15) is 0 Å². The van der Waals surface area contributed by atoms with Crippen LogP contribution in [0.3, 0.4) is 0 Å². The van der Waals surface area contributed by atoms with Crippen LogP contribution in [0.1, 0.15) is 30.1 Å². The number of hydrogen-bond donors (Lipinski definition) is 1. The Balaban J connectivity index is 0.00000242. The second-order valence-electron chi connectivity index (χ2n) is 5.99. The van der Waals surface area contributed by atoms with Crippen LogP contribution >= 0.6 is 12.4 Å². The molecular formula is C17H28ClN3O. The van der Waals surface area contributed by atoms with E-state index in [0.717, 1.165) is 50.3 Å². The van der Waals surface area contributed by atoms with Crippen LogP contribution in [0, 0.1) is 5.92 Å². The largest absolute Gasteiger partial charge is 0.378 e. The van der Waals surface area contributed by atoms with Gasteiger partial charge in [-0.05, 0) is 50.0 Å². The minimum atomic E-state index is 0. The fourth-order valence-electron chi connectivity index (χ4n) is 2.79. The maximum absolute atomic E-state index is 12.6. The van der Waals surface area contributed by atoms with Crippen molar-refractivity contribution >= 4 is 24.0 Å². The van der Waals surface area contributed by atoms with Gasteiger partial charge in [0.25, 0.3) is 5.91 Å². The molecule has 1 fully saturated rings. The summed E-state index contributed by atoms with van der Waals surface area (Å²) < 4.78 is 0. The van der Waals surface area contributed by atoms with Gasteiger partial charge in [-0.3, -0.25) is 4.79 Å². The molecule has 1 aromatic rings. The first-order valence-corrected chi connectivity index (χ1v) is 7.89. The van der Waals surface area contributed by atoms with Crippen LogP contribution in [0.15, 0.2) is 24.3 Å². The molecule has 0 bridgehead atoms. The smallest absolute Gasteiger partial charge is 0.253 e. The summed E-state index contributed by atoms with van der Waals surface area (Å²) in [4.78, 5) is 16.6. The van der Waals surface area contributed by atoms with Crippen molar-refractivity contribution in [2.75, 3.05) is 45.2 Å². The van der Waals surface area contributed by atoms with Crippen molar-refractivity contribution in [2.45, 2.75) is 19.8 Å². The van der Waals surface area contributed by atoms with E-state index in [1.807, 2.05) is 48.2 Å². The van der Waals surface area contributed by atoms with Gasteiger partial charge in [0.1, 0.15) is 0 Å². The number of hydrogen-bond acceptors (Lipinski definition) is 3. The third-order valence-electron chi connectivity index (χ3n) is 4.19. The molecule has 1 amide bonds. The first-order chi connectivity index (χ1) is 10.1. The Morgan fingerprint density at radius 1 is 1.32 bits per heavy atom. The standard InChI is InChI=1S/C17H27N3O.ClH/c1-4-18-13-14-8-10-20(11-9-14)17(21)15-6-5-7-16(12-15)19(2)3;/h5-7,12,14,18H,4,8-11,13H2,1-3H3;1H. The number of benzene rings is 1. The van der Waals surface area contributed by atoms with E-state index in [2.05, 4.69) is 12.2 Å². The summed E-state index contributed by atoms with van der Waals surface area (Å²) in [6.45, 7) is 5.99. The second-order valence-corrected chi connectivity index (χ2v) is 5.99. The molecule has 1 heterocycles. The minimum Gasteiger partial charge on any atom is -0.378 e. The van der Waals surface area contributed by atoms with E-state index >= 15 is 0 Å². The van der Waals surface area contributed by atoms with Crippen LogP contribution in [0.25, 0.3) is 0 Å². The summed E-state index contributed by atoms with van der Waals surface area (Å²) in [6.07, 6.45) is 2.21. The van der Waals surface area contributed by atoms with Gasteiger partial charge in [0.2, 0.25) is 0 Å². The zero-order valence-electron chi connectivity index (χ0n) is 13.8. The van der Waals surface area contributed by atoms with Gasteiger partial charge < -0.3 is 15.1 Å². The molecule has 0 aromatic heterocycles. The molecule has 22 heavy (non-hydrogen) atoms. The molecule has 1 aromatic carbocycles. The lowest BCUT2D eigenvalue weighted by Crippen LogP contribution is -2.40. The molecule has 124 valence electrons. The van der Waals surface area contributed by atoms with Crippen molar-refractivity contribution in [1.82, 2.24) is 10.2 Å². The number of piperidine rings is 1. The number of rotatable bonds is 5. The van der Waals surface area contributed by atoms with Crippen molar-refractivity contribution in [1.29, 1.82) is 0 Å². The lowest BCUT2D eigenvalue weighted by molar-refractivity contribution is 0.0690. The highest BCUT2D eigenvalue weighted by Gasteiger charge is 2.23. The first-order valence-electron chi connectivity index (χ1n) is 7.89. The zero-order chi connectivity index (χ0) is 15.2. The molecule has 0 spiro atoms. The molecule has 1 N–H and O–H groups in total. The lowest BCUT2D eigenvalue weighted by atomic mass is 9.96. The normalized spacial score (nSPS) is 15.3. The molecule has 4 nitrogen and oxygen atoms in total. The highest BCUT2D eigenvalue weighted by atomic mass is 35.5. The van der Waals surface area contributed by atoms with Gasteiger partial charge in [-0.1, -0.05) is 13.0 Å². The highest BCUT2D eigenvalue weighted by molar-refractivity contribution is 5.95. The van der Waals surface area contributed by atoms with Crippen molar-refractivity contribution in [3.63, 3.8) is 0 Å². The Morgan fingerprint density at radius 3 is 2.59 bits per heavy atom. The molecule has 0 unspecified atom stereocenters. The first kappa shape index (κ1) is 18.8. The van der Waals surface area contributed by atoms with Gasteiger partial charge in [0.05, 0.1) is 0 Å². The number of nitrogens with zero attached hydrogens (tertiary/aromatic N) is 2. The highest BCUT2D eigenvalue weighted by Crippen LogP contribution is 2.20. The molecule has 0 radical (unpaired) electrons. The topological polar surface area (TPSA) is 35.6 Å². The van der Waals surface area contributed by atoms with Crippen LogP contribution in [0.2, 0.25) is 0 Å². The molecule has 1 saturated heterocycles. The lowest BCUT2D eigenvalue weighted by Gasteiger charge is -2.32. The Kier molecular flexibility index (Phi) is 7.69. The summed E-state index contributed by atoms with van der Waals surface area (Å²) in [5.74, 6) is 0.878. The maximum Gasteiger partial charge on any atom is 0.253 e. The average molecular weight is 326 g/mol. The quantitative estimate of drug-likeness (QED) is 0.904. The second kappa shape index (κ2) is 9.01. The third kappa shape index (κ3) is 4.89. The number of likely N-dealkylation sites (tertiary alicyclic amines) is 1. The van der Waals surface area contributed by atoms with Gasteiger partial charge in [-0.25, -0.2) is 0 Å². The van der Waals surface area contributed by atoms with E-state index in [-0.39, 0.29) is 18.3 Å². The van der Waals surface area contributed by atoms with Crippen LogP contribution in [-0.2, 0) is 0 Å². The number of anilines is 1. The Morgan fingerprint density at radius 2 is 2.00 bits per heavy atom. The Labute approximate surface area is 140 Å². The maximum atomic E-state index is 12.6. The summed E-state index contributed by atoms with van der Waals surface area (Å²) in [5.41, 5.74) is 1.87. The van der Waals surface area contributed by atoms with Gasteiger partial charge in [0, 0.05) is 38.4 Å². The summed E-state index contributed by atoms with van der Waals surface area (Å²) in [6, 6.07) is 7.88. The van der Waals surface area contributed by atoms with Gasteiger partial charge in [0.15, 0.2) is 0 Å². The Hall–Kier alpha value is -1.26. The molecular weight excluding hydrogens is 298 g/mol. The fourth-order valence-corrected chi connectivity index (χ4v) is 2.79. The summed E-state index contributed by atoms with van der Waals surface area (Å²) >= 11 is 0. The monoisotopic (exact) mass is 325 g/mol.